The number of amides is 1. The molecule has 4 aromatic rings. The van der Waals surface area contributed by atoms with E-state index in [1.54, 1.807) is 6.07 Å². The summed E-state index contributed by atoms with van der Waals surface area (Å²) in [6, 6.07) is 19.1. The molecule has 1 heterocycles. The molecular weight excluding hydrogens is 336 g/mol. The Morgan fingerprint density at radius 3 is 2.56 bits per heavy atom. The SMILES string of the molecule is Cc1cccc(C(=O)Nc2ccc3oc(-c4ccc(C)c(C)c4)nc3c2)c1. The van der Waals surface area contributed by atoms with Gasteiger partial charge in [0.05, 0.1) is 0 Å². The van der Waals surface area contributed by atoms with Crippen molar-refractivity contribution >= 4 is 22.7 Å². The van der Waals surface area contributed by atoms with Gasteiger partial charge in [-0.3, -0.25) is 4.79 Å². The summed E-state index contributed by atoms with van der Waals surface area (Å²) in [6.07, 6.45) is 0. The van der Waals surface area contributed by atoms with Gasteiger partial charge in [0.2, 0.25) is 5.89 Å². The summed E-state index contributed by atoms with van der Waals surface area (Å²) in [4.78, 5) is 17.0. The van der Waals surface area contributed by atoms with Crippen LogP contribution >= 0.6 is 0 Å². The number of carbonyl (C=O) groups excluding carboxylic acids is 1. The van der Waals surface area contributed by atoms with Crippen LogP contribution in [0.5, 0.6) is 0 Å². The van der Waals surface area contributed by atoms with E-state index in [4.69, 9.17) is 4.42 Å². The van der Waals surface area contributed by atoms with Crippen molar-refractivity contribution in [1.29, 1.82) is 0 Å². The lowest BCUT2D eigenvalue weighted by Gasteiger charge is -2.05. The predicted octanol–water partition coefficient (Wildman–Crippen LogP) is 5.67. The molecule has 0 radical (unpaired) electrons. The molecule has 1 amide bonds. The Morgan fingerprint density at radius 1 is 0.926 bits per heavy atom. The first kappa shape index (κ1) is 17.0. The second-order valence-corrected chi connectivity index (χ2v) is 6.82. The van der Waals surface area contributed by atoms with Crippen LogP contribution in [-0.2, 0) is 0 Å². The molecule has 4 heteroatoms. The summed E-state index contributed by atoms with van der Waals surface area (Å²) in [5.74, 6) is 0.436. The summed E-state index contributed by atoms with van der Waals surface area (Å²) in [5, 5.41) is 2.92. The Labute approximate surface area is 157 Å². The quantitative estimate of drug-likeness (QED) is 0.514. The van der Waals surface area contributed by atoms with Gasteiger partial charge >= 0.3 is 0 Å². The zero-order valence-electron chi connectivity index (χ0n) is 15.5. The number of benzene rings is 3. The van der Waals surface area contributed by atoms with Crippen molar-refractivity contribution in [2.45, 2.75) is 20.8 Å². The Hall–Kier alpha value is -3.40. The molecule has 134 valence electrons. The normalized spacial score (nSPS) is 10.9. The molecule has 0 aliphatic rings. The fraction of sp³-hybridized carbons (Fsp3) is 0.130. The van der Waals surface area contributed by atoms with Gasteiger partial charge in [0, 0.05) is 16.8 Å². The molecule has 0 fully saturated rings. The zero-order valence-corrected chi connectivity index (χ0v) is 15.5. The topological polar surface area (TPSA) is 55.1 Å². The molecule has 0 bridgehead atoms. The maximum atomic E-state index is 12.4. The third-order valence-electron chi connectivity index (χ3n) is 4.68. The van der Waals surface area contributed by atoms with Crippen LogP contribution in [0.1, 0.15) is 27.0 Å². The van der Waals surface area contributed by atoms with Crippen molar-refractivity contribution < 1.29 is 9.21 Å². The average Bonchev–Trinajstić information content (AvgIpc) is 3.07. The second-order valence-electron chi connectivity index (χ2n) is 6.82. The van der Waals surface area contributed by atoms with Crippen molar-refractivity contribution in [2.75, 3.05) is 5.32 Å². The third kappa shape index (κ3) is 3.47. The molecule has 1 aromatic heterocycles. The zero-order chi connectivity index (χ0) is 19.0. The molecule has 0 spiro atoms. The van der Waals surface area contributed by atoms with Crippen LogP contribution in [0.3, 0.4) is 0 Å². The maximum absolute atomic E-state index is 12.4. The van der Waals surface area contributed by atoms with Gasteiger partial charge in [-0.05, 0) is 74.4 Å². The van der Waals surface area contributed by atoms with Crippen molar-refractivity contribution in [2.24, 2.45) is 0 Å². The highest BCUT2D eigenvalue weighted by Crippen LogP contribution is 2.27. The van der Waals surface area contributed by atoms with Crippen molar-refractivity contribution in [3.8, 4) is 11.5 Å². The minimum atomic E-state index is -0.143. The Balaban J connectivity index is 1.62. The lowest BCUT2D eigenvalue weighted by Crippen LogP contribution is -2.11. The van der Waals surface area contributed by atoms with E-state index in [0.29, 0.717) is 28.2 Å². The number of oxazole rings is 1. The first-order valence-electron chi connectivity index (χ1n) is 8.86. The van der Waals surface area contributed by atoms with Gasteiger partial charge in [0.25, 0.3) is 5.91 Å². The molecule has 0 unspecified atom stereocenters. The molecule has 4 nitrogen and oxygen atoms in total. The van der Waals surface area contributed by atoms with Crippen LogP contribution in [0.15, 0.2) is 65.1 Å². The van der Waals surface area contributed by atoms with Crippen LogP contribution in [0.25, 0.3) is 22.6 Å². The highest BCUT2D eigenvalue weighted by atomic mass is 16.3. The van der Waals surface area contributed by atoms with Gasteiger partial charge in [-0.15, -0.1) is 0 Å². The molecular formula is C23H20N2O2. The first-order chi connectivity index (χ1) is 13.0. The number of aromatic nitrogens is 1. The summed E-state index contributed by atoms with van der Waals surface area (Å²) in [6.45, 7) is 6.11. The summed E-state index contributed by atoms with van der Waals surface area (Å²) >= 11 is 0. The highest BCUT2D eigenvalue weighted by Gasteiger charge is 2.11. The predicted molar refractivity (Wildman–Crippen MR) is 108 cm³/mol. The Kier molecular flexibility index (Phi) is 4.24. The number of hydrogen-bond donors (Lipinski definition) is 1. The minimum absolute atomic E-state index is 0.143. The Morgan fingerprint density at radius 2 is 1.78 bits per heavy atom. The Bertz CT molecular complexity index is 1160. The van der Waals surface area contributed by atoms with E-state index in [1.807, 2.05) is 49.4 Å². The molecule has 0 saturated carbocycles. The van der Waals surface area contributed by atoms with Crippen LogP contribution in [0.4, 0.5) is 5.69 Å². The second kappa shape index (κ2) is 6.72. The number of anilines is 1. The number of carbonyl (C=O) groups is 1. The van der Waals surface area contributed by atoms with E-state index in [9.17, 15) is 4.79 Å². The van der Waals surface area contributed by atoms with Gasteiger partial charge < -0.3 is 9.73 Å². The number of nitrogens with one attached hydrogen (secondary N) is 1. The van der Waals surface area contributed by atoms with Gasteiger partial charge in [-0.1, -0.05) is 23.8 Å². The van der Waals surface area contributed by atoms with Crippen LogP contribution in [0, 0.1) is 20.8 Å². The summed E-state index contributed by atoms with van der Waals surface area (Å²) in [5.41, 5.74) is 7.14. The number of fused-ring (bicyclic) bond motifs is 1. The molecule has 27 heavy (non-hydrogen) atoms. The van der Waals surface area contributed by atoms with Gasteiger partial charge in [0.15, 0.2) is 5.58 Å². The lowest BCUT2D eigenvalue weighted by atomic mass is 10.1. The molecule has 1 N–H and O–H groups in total. The van der Waals surface area contributed by atoms with E-state index >= 15 is 0 Å². The van der Waals surface area contributed by atoms with Crippen molar-refractivity contribution in [1.82, 2.24) is 4.98 Å². The van der Waals surface area contributed by atoms with Gasteiger partial charge in [-0.25, -0.2) is 4.98 Å². The van der Waals surface area contributed by atoms with Crippen LogP contribution in [0.2, 0.25) is 0 Å². The third-order valence-corrected chi connectivity index (χ3v) is 4.68. The van der Waals surface area contributed by atoms with Gasteiger partial charge in [0.1, 0.15) is 5.52 Å². The number of rotatable bonds is 3. The van der Waals surface area contributed by atoms with E-state index in [1.165, 1.54) is 11.1 Å². The fourth-order valence-corrected chi connectivity index (χ4v) is 2.99. The molecule has 0 aliphatic carbocycles. The van der Waals surface area contributed by atoms with Gasteiger partial charge in [-0.2, -0.15) is 0 Å². The molecule has 3 aromatic carbocycles. The highest BCUT2D eigenvalue weighted by molar-refractivity contribution is 6.05. The van der Waals surface area contributed by atoms with E-state index in [-0.39, 0.29) is 5.91 Å². The molecule has 0 saturated heterocycles. The summed E-state index contributed by atoms with van der Waals surface area (Å²) < 4.78 is 5.89. The smallest absolute Gasteiger partial charge is 0.255 e. The van der Waals surface area contributed by atoms with Crippen LogP contribution in [-0.4, -0.2) is 10.9 Å². The average molecular weight is 356 g/mol. The van der Waals surface area contributed by atoms with Crippen molar-refractivity contribution in [3.05, 3.63) is 82.9 Å². The molecule has 0 atom stereocenters. The van der Waals surface area contributed by atoms with Crippen molar-refractivity contribution in [3.63, 3.8) is 0 Å². The largest absolute Gasteiger partial charge is 0.436 e. The number of aryl methyl sites for hydroxylation is 3. The van der Waals surface area contributed by atoms with E-state index in [2.05, 4.69) is 36.3 Å². The first-order valence-corrected chi connectivity index (χ1v) is 8.86. The fourth-order valence-electron chi connectivity index (χ4n) is 2.99. The maximum Gasteiger partial charge on any atom is 0.255 e. The minimum Gasteiger partial charge on any atom is -0.436 e. The standard InChI is InChI=1S/C23H20N2O2/c1-14-5-4-6-17(11-14)22(26)24-19-9-10-21-20(13-19)25-23(27-21)18-8-7-15(2)16(3)12-18/h4-13H,1-3H3,(H,24,26). The molecule has 0 aliphatic heterocycles. The van der Waals surface area contributed by atoms with E-state index in [0.717, 1.165) is 11.1 Å². The number of hydrogen-bond acceptors (Lipinski definition) is 3. The molecule has 4 rings (SSSR count). The van der Waals surface area contributed by atoms with E-state index < -0.39 is 0 Å². The lowest BCUT2D eigenvalue weighted by molar-refractivity contribution is 0.102. The summed E-state index contributed by atoms with van der Waals surface area (Å²) in [7, 11) is 0. The number of nitrogens with zero attached hydrogens (tertiary/aromatic N) is 1. The monoisotopic (exact) mass is 356 g/mol. The van der Waals surface area contributed by atoms with Crippen LogP contribution < -0.4 is 5.32 Å².